The first-order valence-corrected chi connectivity index (χ1v) is 12.9. The highest BCUT2D eigenvalue weighted by Crippen LogP contribution is 2.38. The third kappa shape index (κ3) is 8.33. The van der Waals surface area contributed by atoms with Crippen molar-refractivity contribution in [1.29, 1.82) is 0 Å². The maximum Gasteiger partial charge on any atom is 0.434 e. The molecule has 0 bridgehead atoms. The van der Waals surface area contributed by atoms with Gasteiger partial charge in [-0.3, -0.25) is 14.6 Å². The number of hydrogen-bond donors (Lipinski definition) is 1. The van der Waals surface area contributed by atoms with E-state index >= 15 is 0 Å². The van der Waals surface area contributed by atoms with Gasteiger partial charge in [0.25, 0.3) is 6.10 Å². The van der Waals surface area contributed by atoms with Gasteiger partial charge in [0.15, 0.2) is 0 Å². The molecule has 42 heavy (non-hydrogen) atoms. The standard InChI is InChI=1S/C25H31F9N4O4/c1-22(5-7-38(8-6-22)21(41)42-20(24(29,30)31)25(32,33)34)35(2)14-16-3-4-17(23(26,27)28)13-18(16)37-11-9-36(10-12-37)15-19(39)40/h3-4,13,20H,5-12,14-15H2,1-2H3,(H,39,40). The second-order valence-electron chi connectivity index (χ2n) is 10.7. The smallest absolute Gasteiger partial charge is 0.434 e. The molecule has 1 N–H and O–H groups in total. The van der Waals surface area contributed by atoms with Crippen molar-refractivity contribution in [2.24, 2.45) is 0 Å². The Bertz CT molecular complexity index is 1100. The largest absolute Gasteiger partial charge is 0.480 e. The van der Waals surface area contributed by atoms with Crippen LogP contribution in [-0.4, -0.2) is 109 Å². The minimum atomic E-state index is -5.83. The summed E-state index contributed by atoms with van der Waals surface area (Å²) in [6.45, 7) is 2.55. The van der Waals surface area contributed by atoms with Crippen LogP contribution in [0.3, 0.4) is 0 Å². The lowest BCUT2D eigenvalue weighted by molar-refractivity contribution is -0.308. The predicted octanol–water partition coefficient (Wildman–Crippen LogP) is 4.83. The van der Waals surface area contributed by atoms with E-state index in [-0.39, 0.29) is 52.1 Å². The van der Waals surface area contributed by atoms with Gasteiger partial charge in [-0.15, -0.1) is 0 Å². The fourth-order valence-electron chi connectivity index (χ4n) is 5.00. The summed E-state index contributed by atoms with van der Waals surface area (Å²) in [4.78, 5) is 29.2. The highest BCUT2D eigenvalue weighted by Gasteiger charge is 2.60. The molecule has 0 unspecified atom stereocenters. The van der Waals surface area contributed by atoms with E-state index in [1.54, 1.807) is 23.8 Å². The van der Waals surface area contributed by atoms with Crippen LogP contribution in [0.15, 0.2) is 18.2 Å². The molecule has 17 heteroatoms. The lowest BCUT2D eigenvalue weighted by atomic mass is 9.87. The van der Waals surface area contributed by atoms with Gasteiger partial charge in [0, 0.05) is 57.0 Å². The number of carbonyl (C=O) groups is 2. The Morgan fingerprint density at radius 2 is 1.50 bits per heavy atom. The summed E-state index contributed by atoms with van der Waals surface area (Å²) >= 11 is 0. The molecule has 2 heterocycles. The highest BCUT2D eigenvalue weighted by molar-refractivity contribution is 5.69. The molecule has 0 spiro atoms. The monoisotopic (exact) mass is 622 g/mol. The number of aliphatic carboxylic acids is 1. The second kappa shape index (κ2) is 12.3. The summed E-state index contributed by atoms with van der Waals surface area (Å²) in [6, 6.07) is 3.34. The van der Waals surface area contributed by atoms with Gasteiger partial charge in [0.1, 0.15) is 0 Å². The number of amides is 1. The molecule has 3 rings (SSSR count). The highest BCUT2D eigenvalue weighted by atomic mass is 19.4. The zero-order valence-corrected chi connectivity index (χ0v) is 22.7. The first-order valence-electron chi connectivity index (χ1n) is 12.9. The zero-order valence-electron chi connectivity index (χ0n) is 22.7. The van der Waals surface area contributed by atoms with Crippen LogP contribution >= 0.6 is 0 Å². The summed E-state index contributed by atoms with van der Waals surface area (Å²) in [5.74, 6) is -1.02. The summed E-state index contributed by atoms with van der Waals surface area (Å²) in [7, 11) is 1.68. The van der Waals surface area contributed by atoms with E-state index in [2.05, 4.69) is 4.74 Å². The molecule has 0 radical (unpaired) electrons. The number of halogens is 9. The molecule has 0 atom stereocenters. The van der Waals surface area contributed by atoms with Gasteiger partial charge in [-0.05, 0) is 44.5 Å². The van der Waals surface area contributed by atoms with Crippen LogP contribution in [0.5, 0.6) is 0 Å². The zero-order chi connectivity index (χ0) is 31.7. The average molecular weight is 623 g/mol. The molecular weight excluding hydrogens is 591 g/mol. The molecule has 238 valence electrons. The van der Waals surface area contributed by atoms with E-state index < -0.39 is 47.8 Å². The van der Waals surface area contributed by atoms with Crippen molar-refractivity contribution in [3.8, 4) is 0 Å². The van der Waals surface area contributed by atoms with E-state index in [1.165, 1.54) is 6.07 Å². The molecule has 0 saturated carbocycles. The van der Waals surface area contributed by atoms with Crippen LogP contribution in [0.1, 0.15) is 30.9 Å². The maximum atomic E-state index is 13.5. The van der Waals surface area contributed by atoms with Gasteiger partial charge in [0.2, 0.25) is 0 Å². The Balaban J connectivity index is 1.71. The van der Waals surface area contributed by atoms with Crippen LogP contribution in [0, 0.1) is 0 Å². The van der Waals surface area contributed by atoms with Crippen molar-refractivity contribution < 1.29 is 58.9 Å². The number of carboxylic acids is 1. The Morgan fingerprint density at radius 3 is 1.98 bits per heavy atom. The van der Waals surface area contributed by atoms with Crippen molar-refractivity contribution in [3.63, 3.8) is 0 Å². The van der Waals surface area contributed by atoms with Crippen LogP contribution in [0.2, 0.25) is 0 Å². The summed E-state index contributed by atoms with van der Waals surface area (Å²) in [5.41, 5.74) is -0.698. The molecule has 2 aliphatic heterocycles. The summed E-state index contributed by atoms with van der Waals surface area (Å²) in [5, 5.41) is 9.01. The number of carbonyl (C=O) groups excluding carboxylic acids is 1. The first-order chi connectivity index (χ1) is 19.2. The number of nitrogens with zero attached hydrogens (tertiary/aromatic N) is 4. The van der Waals surface area contributed by atoms with E-state index in [0.29, 0.717) is 24.3 Å². The van der Waals surface area contributed by atoms with Crippen molar-refractivity contribution in [1.82, 2.24) is 14.7 Å². The lowest BCUT2D eigenvalue weighted by Gasteiger charge is -2.45. The van der Waals surface area contributed by atoms with Crippen molar-refractivity contribution in [2.45, 2.75) is 56.5 Å². The number of likely N-dealkylation sites (tertiary alicyclic amines) is 1. The van der Waals surface area contributed by atoms with Gasteiger partial charge in [-0.2, -0.15) is 39.5 Å². The number of alkyl halides is 9. The van der Waals surface area contributed by atoms with Gasteiger partial charge in [0.05, 0.1) is 12.1 Å². The van der Waals surface area contributed by atoms with Crippen LogP contribution in [-0.2, 0) is 22.3 Å². The summed E-state index contributed by atoms with van der Waals surface area (Å²) in [6.07, 6.45) is -22.0. The summed E-state index contributed by atoms with van der Waals surface area (Å²) < 4.78 is 121. The molecule has 8 nitrogen and oxygen atoms in total. The fraction of sp³-hybridized carbons (Fsp3) is 0.680. The average Bonchev–Trinajstić information content (AvgIpc) is 2.86. The molecule has 1 aromatic carbocycles. The van der Waals surface area contributed by atoms with E-state index in [4.69, 9.17) is 5.11 Å². The minimum absolute atomic E-state index is 0.144. The van der Waals surface area contributed by atoms with Crippen molar-refractivity contribution in [3.05, 3.63) is 29.3 Å². The number of rotatable bonds is 7. The van der Waals surface area contributed by atoms with Gasteiger partial charge < -0.3 is 19.6 Å². The Labute approximate surface area is 235 Å². The Hall–Kier alpha value is -2.95. The molecule has 0 aliphatic carbocycles. The van der Waals surface area contributed by atoms with Crippen LogP contribution in [0.4, 0.5) is 50.0 Å². The number of carboxylic acid groups (broad SMARTS) is 1. The van der Waals surface area contributed by atoms with E-state index in [0.717, 1.165) is 17.0 Å². The normalized spacial score (nSPS) is 19.0. The van der Waals surface area contributed by atoms with Crippen molar-refractivity contribution in [2.75, 3.05) is 57.8 Å². The van der Waals surface area contributed by atoms with Gasteiger partial charge in [-0.25, -0.2) is 4.79 Å². The quantitative estimate of drug-likeness (QED) is 0.437. The maximum absolute atomic E-state index is 13.5. The topological polar surface area (TPSA) is 76.6 Å². The first kappa shape index (κ1) is 33.6. The number of ether oxygens (including phenoxy) is 1. The molecular formula is C25H31F9N4O4. The molecule has 1 amide bonds. The molecule has 2 aliphatic rings. The van der Waals surface area contributed by atoms with Crippen LogP contribution < -0.4 is 4.90 Å². The van der Waals surface area contributed by atoms with Gasteiger partial charge in [-0.1, -0.05) is 6.07 Å². The predicted molar refractivity (Wildman–Crippen MR) is 131 cm³/mol. The Kier molecular flexibility index (Phi) is 9.86. The number of benzene rings is 1. The minimum Gasteiger partial charge on any atom is -0.480 e. The van der Waals surface area contributed by atoms with E-state index in [9.17, 15) is 49.1 Å². The molecule has 2 saturated heterocycles. The van der Waals surface area contributed by atoms with Crippen molar-refractivity contribution >= 4 is 17.7 Å². The molecule has 1 aromatic rings. The van der Waals surface area contributed by atoms with E-state index in [1.807, 2.05) is 4.90 Å². The fourth-order valence-corrected chi connectivity index (χ4v) is 5.00. The molecule has 2 fully saturated rings. The van der Waals surface area contributed by atoms with Gasteiger partial charge >= 0.3 is 30.6 Å². The second-order valence-corrected chi connectivity index (χ2v) is 10.7. The number of piperidine rings is 1. The SMILES string of the molecule is CN(Cc1ccc(C(F)(F)F)cc1N1CCN(CC(=O)O)CC1)C1(C)CCN(C(=O)OC(C(F)(F)F)C(F)(F)F)CC1. The van der Waals surface area contributed by atoms with Crippen LogP contribution in [0.25, 0.3) is 0 Å². The molecule has 0 aromatic heterocycles. The number of anilines is 1. The third-order valence-electron chi connectivity index (χ3n) is 7.73. The Morgan fingerprint density at radius 1 is 0.952 bits per heavy atom. The number of hydrogen-bond acceptors (Lipinski definition) is 6. The lowest BCUT2D eigenvalue weighted by Crippen LogP contribution is -2.54. The number of piperazine rings is 1. The third-order valence-corrected chi connectivity index (χ3v) is 7.73.